The number of carbonyl (C=O) groups excluding carboxylic acids is 1. The van der Waals surface area contributed by atoms with Gasteiger partial charge in [-0.15, -0.1) is 0 Å². The topological polar surface area (TPSA) is 107 Å². The lowest BCUT2D eigenvalue weighted by Gasteiger charge is -2.08. The lowest BCUT2D eigenvalue weighted by atomic mass is 10.3. The second kappa shape index (κ2) is 7.18. The fourth-order valence-corrected chi connectivity index (χ4v) is 1.95. The van der Waals surface area contributed by atoms with Crippen molar-refractivity contribution in [2.75, 3.05) is 17.2 Å². The first-order valence-electron chi connectivity index (χ1n) is 7.22. The maximum absolute atomic E-state index is 12.0. The van der Waals surface area contributed by atoms with Gasteiger partial charge in [0.1, 0.15) is 30.5 Å². The fraction of sp³-hybridized carbons (Fsp3) is 0.133. The highest BCUT2D eigenvalue weighted by molar-refractivity contribution is 5.99. The van der Waals surface area contributed by atoms with Crippen molar-refractivity contribution < 1.29 is 9.53 Å². The lowest BCUT2D eigenvalue weighted by Crippen LogP contribution is -2.20. The predicted octanol–water partition coefficient (Wildman–Crippen LogP) is 2.10. The van der Waals surface area contributed by atoms with E-state index < -0.39 is 6.03 Å². The minimum absolute atomic E-state index is 0.346. The molecule has 9 heteroatoms. The molecule has 0 unspecified atom stereocenters. The average molecular weight is 325 g/mol. The molecule has 2 heterocycles. The number of nitrogens with zero attached hydrogens (tertiary/aromatic N) is 5. The van der Waals surface area contributed by atoms with E-state index >= 15 is 0 Å². The van der Waals surface area contributed by atoms with E-state index in [9.17, 15) is 4.79 Å². The molecule has 3 aromatic rings. The van der Waals surface area contributed by atoms with Gasteiger partial charge >= 0.3 is 6.03 Å². The minimum atomic E-state index is -0.414. The van der Waals surface area contributed by atoms with Crippen LogP contribution in [-0.4, -0.2) is 37.4 Å². The first kappa shape index (κ1) is 15.4. The first-order chi connectivity index (χ1) is 11.7. The van der Waals surface area contributed by atoms with Crippen molar-refractivity contribution in [2.24, 2.45) is 0 Å². The number of aromatic nitrogens is 5. The van der Waals surface area contributed by atoms with Crippen LogP contribution in [0.1, 0.15) is 6.92 Å². The van der Waals surface area contributed by atoms with Crippen LogP contribution in [0.2, 0.25) is 0 Å². The van der Waals surface area contributed by atoms with Crippen LogP contribution in [0.3, 0.4) is 0 Å². The molecule has 0 atom stereocenters. The second-order valence-electron chi connectivity index (χ2n) is 4.64. The molecule has 9 nitrogen and oxygen atoms in total. The van der Waals surface area contributed by atoms with Crippen molar-refractivity contribution in [3.05, 3.63) is 49.3 Å². The summed E-state index contributed by atoms with van der Waals surface area (Å²) >= 11 is 0. The SMILES string of the molecule is CCOc1ccc(NC(=O)Nc2cc(-n3cncn3)ncn2)cc1. The molecular weight excluding hydrogens is 310 g/mol. The Hall–Kier alpha value is -3.49. The van der Waals surface area contributed by atoms with E-state index in [0.29, 0.717) is 23.9 Å². The Balaban J connectivity index is 1.63. The average Bonchev–Trinajstić information content (AvgIpc) is 3.12. The summed E-state index contributed by atoms with van der Waals surface area (Å²) in [6.45, 7) is 2.50. The van der Waals surface area contributed by atoms with Crippen molar-refractivity contribution in [1.82, 2.24) is 24.7 Å². The maximum Gasteiger partial charge on any atom is 0.324 e. The number of hydrogen-bond donors (Lipinski definition) is 2. The Morgan fingerprint density at radius 2 is 2.00 bits per heavy atom. The zero-order valence-corrected chi connectivity index (χ0v) is 12.9. The highest BCUT2D eigenvalue weighted by Gasteiger charge is 2.06. The summed E-state index contributed by atoms with van der Waals surface area (Å²) in [6, 6.07) is 8.25. The number of ether oxygens (including phenoxy) is 1. The van der Waals surface area contributed by atoms with Crippen molar-refractivity contribution in [3.63, 3.8) is 0 Å². The van der Waals surface area contributed by atoms with Gasteiger partial charge in [0, 0.05) is 11.8 Å². The maximum atomic E-state index is 12.0. The number of amides is 2. The smallest absolute Gasteiger partial charge is 0.324 e. The molecule has 0 saturated carbocycles. The van der Waals surface area contributed by atoms with Crippen LogP contribution < -0.4 is 15.4 Å². The van der Waals surface area contributed by atoms with Crippen molar-refractivity contribution in [3.8, 4) is 11.6 Å². The zero-order chi connectivity index (χ0) is 16.8. The molecule has 1 aromatic carbocycles. The summed E-state index contributed by atoms with van der Waals surface area (Å²) in [6.07, 6.45) is 4.24. The molecule has 0 aliphatic carbocycles. The quantitative estimate of drug-likeness (QED) is 0.744. The summed E-state index contributed by atoms with van der Waals surface area (Å²) in [7, 11) is 0. The van der Waals surface area contributed by atoms with E-state index in [1.807, 2.05) is 6.92 Å². The molecule has 2 aromatic heterocycles. The number of carbonyl (C=O) groups is 1. The molecule has 0 radical (unpaired) electrons. The molecule has 2 amide bonds. The van der Waals surface area contributed by atoms with E-state index in [2.05, 4.69) is 30.7 Å². The summed E-state index contributed by atoms with van der Waals surface area (Å²) in [4.78, 5) is 24.0. The largest absolute Gasteiger partial charge is 0.494 e. The van der Waals surface area contributed by atoms with E-state index in [-0.39, 0.29) is 0 Å². The van der Waals surface area contributed by atoms with Gasteiger partial charge in [-0.25, -0.2) is 24.4 Å². The minimum Gasteiger partial charge on any atom is -0.494 e. The Morgan fingerprint density at radius 3 is 2.71 bits per heavy atom. The number of hydrogen-bond acceptors (Lipinski definition) is 6. The summed E-state index contributed by atoms with van der Waals surface area (Å²) in [5, 5.41) is 9.32. The molecule has 0 spiro atoms. The summed E-state index contributed by atoms with van der Waals surface area (Å²) in [5.41, 5.74) is 0.640. The number of nitrogens with one attached hydrogen (secondary N) is 2. The van der Waals surface area contributed by atoms with E-state index in [1.54, 1.807) is 30.3 Å². The zero-order valence-electron chi connectivity index (χ0n) is 12.9. The molecule has 0 bridgehead atoms. The summed E-state index contributed by atoms with van der Waals surface area (Å²) in [5.74, 6) is 1.59. The number of anilines is 2. The molecule has 0 aliphatic heterocycles. The molecule has 0 saturated heterocycles. The number of urea groups is 1. The lowest BCUT2D eigenvalue weighted by molar-refractivity contribution is 0.262. The molecule has 24 heavy (non-hydrogen) atoms. The molecular formula is C15H15N7O2. The van der Waals surface area contributed by atoms with Crippen molar-refractivity contribution >= 4 is 17.5 Å². The van der Waals surface area contributed by atoms with Gasteiger partial charge in [-0.2, -0.15) is 5.10 Å². The van der Waals surface area contributed by atoms with Gasteiger partial charge in [0.2, 0.25) is 0 Å². The van der Waals surface area contributed by atoms with Crippen molar-refractivity contribution in [2.45, 2.75) is 6.92 Å². The molecule has 0 fully saturated rings. The van der Waals surface area contributed by atoms with E-state index in [4.69, 9.17) is 4.74 Å². The van der Waals surface area contributed by atoms with Crippen LogP contribution in [0.4, 0.5) is 16.3 Å². The van der Waals surface area contributed by atoms with E-state index in [0.717, 1.165) is 5.75 Å². The molecule has 0 aliphatic rings. The molecule has 2 N–H and O–H groups in total. The molecule has 122 valence electrons. The Kier molecular flexibility index (Phi) is 4.61. The second-order valence-corrected chi connectivity index (χ2v) is 4.64. The third-order valence-corrected chi connectivity index (χ3v) is 2.97. The van der Waals surface area contributed by atoms with Gasteiger partial charge in [0.25, 0.3) is 0 Å². The third kappa shape index (κ3) is 3.83. The van der Waals surface area contributed by atoms with Crippen LogP contribution in [0, 0.1) is 0 Å². The standard InChI is InChI=1S/C15H15N7O2/c1-2-24-12-5-3-11(4-6-12)20-15(23)21-13-7-14(18-9-17-13)22-10-16-8-19-22/h3-10H,2H2,1H3,(H2,17,18,20,21,23). The van der Waals surface area contributed by atoms with Gasteiger partial charge in [-0.1, -0.05) is 0 Å². The highest BCUT2D eigenvalue weighted by Crippen LogP contribution is 2.16. The molecule has 3 rings (SSSR count). The van der Waals surface area contributed by atoms with E-state index in [1.165, 1.54) is 23.7 Å². The van der Waals surface area contributed by atoms with Gasteiger partial charge in [-0.05, 0) is 31.2 Å². The fourth-order valence-electron chi connectivity index (χ4n) is 1.95. The monoisotopic (exact) mass is 325 g/mol. The Bertz CT molecular complexity index is 803. The summed E-state index contributed by atoms with van der Waals surface area (Å²) < 4.78 is 6.82. The number of benzene rings is 1. The predicted molar refractivity (Wildman–Crippen MR) is 87.2 cm³/mol. The van der Waals surface area contributed by atoms with Gasteiger partial charge < -0.3 is 10.1 Å². The Labute approximate surface area is 137 Å². The normalized spacial score (nSPS) is 10.2. The van der Waals surface area contributed by atoms with Crippen molar-refractivity contribution in [1.29, 1.82) is 0 Å². The van der Waals surface area contributed by atoms with Crippen LogP contribution in [0.25, 0.3) is 5.82 Å². The Morgan fingerprint density at radius 1 is 1.17 bits per heavy atom. The highest BCUT2D eigenvalue weighted by atomic mass is 16.5. The van der Waals surface area contributed by atoms with Crippen LogP contribution >= 0.6 is 0 Å². The van der Waals surface area contributed by atoms with Crippen LogP contribution in [-0.2, 0) is 0 Å². The van der Waals surface area contributed by atoms with Gasteiger partial charge in [-0.3, -0.25) is 5.32 Å². The van der Waals surface area contributed by atoms with Gasteiger partial charge in [0.15, 0.2) is 5.82 Å². The van der Waals surface area contributed by atoms with Crippen LogP contribution in [0.15, 0.2) is 49.3 Å². The first-order valence-corrected chi connectivity index (χ1v) is 7.22. The van der Waals surface area contributed by atoms with Gasteiger partial charge in [0.05, 0.1) is 6.61 Å². The van der Waals surface area contributed by atoms with Crippen LogP contribution in [0.5, 0.6) is 5.75 Å². The third-order valence-electron chi connectivity index (χ3n) is 2.97. The number of rotatable bonds is 5.